The van der Waals surface area contributed by atoms with Crippen molar-refractivity contribution in [2.75, 3.05) is 7.11 Å². The number of hydrogen-bond donors (Lipinski definition) is 1. The maximum Gasteiger partial charge on any atom is 0.137 e. The molecule has 0 aromatic carbocycles. The van der Waals surface area contributed by atoms with E-state index in [1.165, 1.54) is 0 Å². The van der Waals surface area contributed by atoms with Gasteiger partial charge in [0.25, 0.3) is 0 Å². The van der Waals surface area contributed by atoms with Gasteiger partial charge in [-0.25, -0.2) is 0 Å². The molecule has 0 unspecified atom stereocenters. The van der Waals surface area contributed by atoms with Crippen LogP contribution < -0.4 is 10.5 Å². The van der Waals surface area contributed by atoms with E-state index in [0.717, 1.165) is 17.7 Å². The molecule has 0 saturated carbocycles. The van der Waals surface area contributed by atoms with Crippen LogP contribution in [0.15, 0.2) is 18.5 Å². The average Bonchev–Trinajstić information content (AvgIpc) is 2.03. The molecule has 3 nitrogen and oxygen atoms in total. The number of nitrogens with zero attached hydrogens (tertiary/aromatic N) is 1. The lowest BCUT2D eigenvalue weighted by Gasteiger charge is -2.05. The van der Waals surface area contributed by atoms with Crippen LogP contribution in [-0.2, 0) is 6.42 Å². The van der Waals surface area contributed by atoms with Gasteiger partial charge in [-0.2, -0.15) is 0 Å². The molecular formula is C9H14N2O. The van der Waals surface area contributed by atoms with Crippen LogP contribution in [0.1, 0.15) is 12.5 Å². The van der Waals surface area contributed by atoms with E-state index < -0.39 is 0 Å². The van der Waals surface area contributed by atoms with Crippen molar-refractivity contribution in [1.82, 2.24) is 4.98 Å². The molecule has 0 spiro atoms. The molecule has 0 aliphatic rings. The zero-order chi connectivity index (χ0) is 8.97. The zero-order valence-electron chi connectivity index (χ0n) is 7.45. The third kappa shape index (κ3) is 2.51. The van der Waals surface area contributed by atoms with E-state index in [1.54, 1.807) is 13.3 Å². The van der Waals surface area contributed by atoms with Crippen LogP contribution in [0, 0.1) is 0 Å². The normalized spacial score (nSPS) is 12.6. The molecule has 3 heteroatoms. The highest BCUT2D eigenvalue weighted by Gasteiger charge is 1.99. The molecule has 0 fully saturated rings. The fourth-order valence-corrected chi connectivity index (χ4v) is 1.06. The average molecular weight is 166 g/mol. The monoisotopic (exact) mass is 166 g/mol. The van der Waals surface area contributed by atoms with E-state index in [2.05, 4.69) is 4.98 Å². The van der Waals surface area contributed by atoms with Crippen molar-refractivity contribution in [1.29, 1.82) is 0 Å². The van der Waals surface area contributed by atoms with E-state index in [0.29, 0.717) is 0 Å². The van der Waals surface area contributed by atoms with Gasteiger partial charge in [0.2, 0.25) is 0 Å². The molecule has 1 aromatic heterocycles. The molecule has 0 saturated heterocycles. The van der Waals surface area contributed by atoms with Gasteiger partial charge < -0.3 is 10.5 Å². The molecule has 0 amide bonds. The SMILES string of the molecule is COc1cncc(C[C@@H](C)N)c1. The zero-order valence-corrected chi connectivity index (χ0v) is 7.45. The molecule has 12 heavy (non-hydrogen) atoms. The van der Waals surface area contributed by atoms with Crippen LogP contribution in [0.5, 0.6) is 5.75 Å². The highest BCUT2D eigenvalue weighted by Crippen LogP contribution is 2.11. The first-order chi connectivity index (χ1) is 5.72. The Morgan fingerprint density at radius 2 is 2.33 bits per heavy atom. The number of rotatable bonds is 3. The lowest BCUT2D eigenvalue weighted by Crippen LogP contribution is -2.17. The minimum absolute atomic E-state index is 0.166. The van der Waals surface area contributed by atoms with Crippen LogP contribution in [0.25, 0.3) is 0 Å². The standard InChI is InChI=1S/C9H14N2O/c1-7(10)3-8-4-9(12-2)6-11-5-8/h4-7H,3,10H2,1-2H3/t7-/m1/s1. The Bertz CT molecular complexity index is 248. The summed E-state index contributed by atoms with van der Waals surface area (Å²) >= 11 is 0. The lowest BCUT2D eigenvalue weighted by molar-refractivity contribution is 0.412. The van der Waals surface area contributed by atoms with E-state index in [-0.39, 0.29) is 6.04 Å². The Hall–Kier alpha value is -1.09. The molecular weight excluding hydrogens is 152 g/mol. The van der Waals surface area contributed by atoms with Gasteiger partial charge in [-0.15, -0.1) is 0 Å². The molecule has 1 atom stereocenters. The van der Waals surface area contributed by atoms with Crippen LogP contribution in [0.4, 0.5) is 0 Å². The first kappa shape index (κ1) is 9.00. The summed E-state index contributed by atoms with van der Waals surface area (Å²) in [4.78, 5) is 4.03. The second kappa shape index (κ2) is 4.07. The smallest absolute Gasteiger partial charge is 0.137 e. The summed E-state index contributed by atoms with van der Waals surface area (Å²) in [5.41, 5.74) is 6.76. The van der Waals surface area contributed by atoms with Crippen molar-refractivity contribution in [2.45, 2.75) is 19.4 Å². The first-order valence-corrected chi connectivity index (χ1v) is 3.96. The summed E-state index contributed by atoms with van der Waals surface area (Å²) in [5.74, 6) is 0.785. The summed E-state index contributed by atoms with van der Waals surface area (Å²) in [6, 6.07) is 2.12. The predicted octanol–water partition coefficient (Wildman–Crippen LogP) is 0.980. The highest BCUT2D eigenvalue weighted by atomic mass is 16.5. The molecule has 0 radical (unpaired) electrons. The van der Waals surface area contributed by atoms with Crippen LogP contribution in [-0.4, -0.2) is 18.1 Å². The third-order valence-corrected chi connectivity index (χ3v) is 1.56. The number of aromatic nitrogens is 1. The van der Waals surface area contributed by atoms with Crippen molar-refractivity contribution in [2.24, 2.45) is 5.73 Å². The first-order valence-electron chi connectivity index (χ1n) is 3.96. The molecule has 1 heterocycles. The summed E-state index contributed by atoms with van der Waals surface area (Å²) in [6.07, 6.45) is 4.33. The molecule has 0 aliphatic carbocycles. The second-order valence-electron chi connectivity index (χ2n) is 2.91. The van der Waals surface area contributed by atoms with E-state index in [4.69, 9.17) is 10.5 Å². The predicted molar refractivity (Wildman–Crippen MR) is 48.1 cm³/mol. The number of nitrogens with two attached hydrogens (primary N) is 1. The van der Waals surface area contributed by atoms with E-state index in [9.17, 15) is 0 Å². The van der Waals surface area contributed by atoms with Crippen molar-refractivity contribution in [3.05, 3.63) is 24.0 Å². The van der Waals surface area contributed by atoms with Gasteiger partial charge in [0.1, 0.15) is 5.75 Å². The summed E-state index contributed by atoms with van der Waals surface area (Å²) < 4.78 is 5.03. The van der Waals surface area contributed by atoms with E-state index in [1.807, 2.05) is 19.2 Å². The van der Waals surface area contributed by atoms with Gasteiger partial charge >= 0.3 is 0 Å². The Morgan fingerprint density at radius 3 is 2.92 bits per heavy atom. The van der Waals surface area contributed by atoms with Crippen molar-refractivity contribution < 1.29 is 4.74 Å². The van der Waals surface area contributed by atoms with Gasteiger partial charge in [0.15, 0.2) is 0 Å². The van der Waals surface area contributed by atoms with Crippen molar-refractivity contribution >= 4 is 0 Å². The lowest BCUT2D eigenvalue weighted by atomic mass is 10.1. The quantitative estimate of drug-likeness (QED) is 0.728. The van der Waals surface area contributed by atoms with Crippen molar-refractivity contribution in [3.63, 3.8) is 0 Å². The number of pyridine rings is 1. The maximum atomic E-state index is 5.65. The molecule has 0 aliphatic heterocycles. The topological polar surface area (TPSA) is 48.1 Å². The summed E-state index contributed by atoms with van der Waals surface area (Å²) in [5, 5.41) is 0. The molecule has 2 N–H and O–H groups in total. The Labute approximate surface area is 72.6 Å². The van der Waals surface area contributed by atoms with Gasteiger partial charge in [-0.05, 0) is 25.0 Å². The molecule has 0 bridgehead atoms. The van der Waals surface area contributed by atoms with Crippen LogP contribution in [0.3, 0.4) is 0 Å². The number of methoxy groups -OCH3 is 1. The molecule has 1 aromatic rings. The summed E-state index contributed by atoms with van der Waals surface area (Å²) in [7, 11) is 1.63. The Kier molecular flexibility index (Phi) is 3.05. The minimum atomic E-state index is 0.166. The van der Waals surface area contributed by atoms with Gasteiger partial charge in [0, 0.05) is 12.2 Å². The maximum absolute atomic E-state index is 5.65. The van der Waals surface area contributed by atoms with Gasteiger partial charge in [0.05, 0.1) is 13.3 Å². The number of hydrogen-bond acceptors (Lipinski definition) is 3. The molecule has 1 rings (SSSR count). The third-order valence-electron chi connectivity index (χ3n) is 1.56. The molecule has 66 valence electrons. The van der Waals surface area contributed by atoms with E-state index >= 15 is 0 Å². The van der Waals surface area contributed by atoms with Gasteiger partial charge in [-0.1, -0.05) is 0 Å². The van der Waals surface area contributed by atoms with Crippen LogP contribution >= 0.6 is 0 Å². The fraction of sp³-hybridized carbons (Fsp3) is 0.444. The Balaban J connectivity index is 2.72. The minimum Gasteiger partial charge on any atom is -0.495 e. The van der Waals surface area contributed by atoms with Gasteiger partial charge in [-0.3, -0.25) is 4.98 Å². The van der Waals surface area contributed by atoms with Crippen LogP contribution in [0.2, 0.25) is 0 Å². The second-order valence-corrected chi connectivity index (χ2v) is 2.91. The van der Waals surface area contributed by atoms with Crippen molar-refractivity contribution in [3.8, 4) is 5.75 Å². The summed E-state index contributed by atoms with van der Waals surface area (Å²) in [6.45, 7) is 1.97. The largest absolute Gasteiger partial charge is 0.495 e. The fourth-order valence-electron chi connectivity index (χ4n) is 1.06. The number of ether oxygens (including phenoxy) is 1. The highest BCUT2D eigenvalue weighted by molar-refractivity contribution is 5.23. The Morgan fingerprint density at radius 1 is 1.58 bits per heavy atom.